The molecule has 0 spiro atoms. The van der Waals surface area contributed by atoms with E-state index >= 15 is 0 Å². The highest BCUT2D eigenvalue weighted by Gasteiger charge is 2.26. The standard InChI is InChI=1S/C11H21NO/c1-7-8-11(4,5)12(6)10(13)9(2)3/h2,7-8H2,1,3-6H3. The van der Waals surface area contributed by atoms with Crippen molar-refractivity contribution < 1.29 is 4.79 Å². The third kappa shape index (κ3) is 3.21. The molecular weight excluding hydrogens is 162 g/mol. The highest BCUT2D eigenvalue weighted by molar-refractivity contribution is 5.92. The summed E-state index contributed by atoms with van der Waals surface area (Å²) in [5.41, 5.74) is 0.539. The van der Waals surface area contributed by atoms with Crippen LogP contribution in [0, 0.1) is 0 Å². The van der Waals surface area contributed by atoms with E-state index in [0.717, 1.165) is 12.8 Å². The van der Waals surface area contributed by atoms with Gasteiger partial charge in [-0.25, -0.2) is 0 Å². The summed E-state index contributed by atoms with van der Waals surface area (Å²) in [6.45, 7) is 11.7. The molecule has 0 saturated carbocycles. The zero-order chi connectivity index (χ0) is 10.6. The van der Waals surface area contributed by atoms with Crippen LogP contribution in [0.3, 0.4) is 0 Å². The molecule has 0 radical (unpaired) electrons. The van der Waals surface area contributed by atoms with E-state index in [4.69, 9.17) is 0 Å². The van der Waals surface area contributed by atoms with Crippen molar-refractivity contribution >= 4 is 5.91 Å². The molecule has 1 amide bonds. The van der Waals surface area contributed by atoms with Crippen molar-refractivity contribution in [1.29, 1.82) is 0 Å². The monoisotopic (exact) mass is 183 g/mol. The highest BCUT2D eigenvalue weighted by atomic mass is 16.2. The van der Waals surface area contributed by atoms with Gasteiger partial charge in [-0.2, -0.15) is 0 Å². The minimum absolute atomic E-state index is 0.0402. The van der Waals surface area contributed by atoms with Crippen molar-refractivity contribution in [2.24, 2.45) is 0 Å². The second-order valence-electron chi connectivity index (χ2n) is 4.21. The lowest BCUT2D eigenvalue weighted by Crippen LogP contribution is -2.45. The zero-order valence-corrected chi connectivity index (χ0v) is 9.48. The minimum atomic E-state index is -0.0647. The minimum Gasteiger partial charge on any atom is -0.337 e. The molecular formula is C11H21NO. The van der Waals surface area contributed by atoms with Gasteiger partial charge >= 0.3 is 0 Å². The fraction of sp³-hybridized carbons (Fsp3) is 0.727. The van der Waals surface area contributed by atoms with Crippen LogP contribution in [0.2, 0.25) is 0 Å². The first-order chi connectivity index (χ1) is 5.83. The lowest BCUT2D eigenvalue weighted by atomic mass is 9.96. The van der Waals surface area contributed by atoms with Crippen LogP contribution in [0.5, 0.6) is 0 Å². The summed E-state index contributed by atoms with van der Waals surface area (Å²) < 4.78 is 0. The summed E-state index contributed by atoms with van der Waals surface area (Å²) in [6, 6.07) is 0. The van der Waals surface area contributed by atoms with Gasteiger partial charge < -0.3 is 4.90 Å². The molecule has 0 saturated heterocycles. The van der Waals surface area contributed by atoms with Gasteiger partial charge in [0, 0.05) is 18.2 Å². The first kappa shape index (κ1) is 12.2. The van der Waals surface area contributed by atoms with Gasteiger partial charge in [-0.05, 0) is 27.2 Å². The Kier molecular flexibility index (Phi) is 4.18. The number of hydrogen-bond acceptors (Lipinski definition) is 1. The Balaban J connectivity index is 4.48. The summed E-state index contributed by atoms with van der Waals surface area (Å²) in [6.07, 6.45) is 2.10. The molecule has 0 unspecified atom stereocenters. The fourth-order valence-corrected chi connectivity index (χ4v) is 1.34. The van der Waals surface area contributed by atoms with Crippen molar-refractivity contribution in [2.45, 2.75) is 46.1 Å². The van der Waals surface area contributed by atoms with Gasteiger partial charge in [-0.1, -0.05) is 19.9 Å². The third-order valence-corrected chi connectivity index (χ3v) is 2.44. The first-order valence-electron chi connectivity index (χ1n) is 4.76. The van der Waals surface area contributed by atoms with Crippen LogP contribution in [0.4, 0.5) is 0 Å². The SMILES string of the molecule is C=C(C)C(=O)N(C)C(C)(C)CCC. The summed E-state index contributed by atoms with van der Waals surface area (Å²) >= 11 is 0. The molecule has 2 nitrogen and oxygen atoms in total. The largest absolute Gasteiger partial charge is 0.337 e. The highest BCUT2D eigenvalue weighted by Crippen LogP contribution is 2.20. The molecule has 0 aromatic heterocycles. The van der Waals surface area contributed by atoms with Gasteiger partial charge in [0.2, 0.25) is 5.91 Å². The van der Waals surface area contributed by atoms with E-state index < -0.39 is 0 Å². The van der Waals surface area contributed by atoms with E-state index in [0.29, 0.717) is 5.57 Å². The number of carbonyl (C=O) groups excluding carboxylic acids is 1. The molecule has 0 N–H and O–H groups in total. The predicted octanol–water partition coefficient (Wildman–Crippen LogP) is 2.60. The quantitative estimate of drug-likeness (QED) is 0.613. The Bertz CT molecular complexity index is 206. The average Bonchev–Trinajstić information content (AvgIpc) is 2.01. The van der Waals surface area contributed by atoms with Gasteiger partial charge in [-0.15, -0.1) is 0 Å². The number of rotatable bonds is 4. The Hall–Kier alpha value is -0.790. The summed E-state index contributed by atoms with van der Waals surface area (Å²) in [4.78, 5) is 13.4. The predicted molar refractivity (Wildman–Crippen MR) is 56.6 cm³/mol. The molecule has 0 atom stereocenters. The topological polar surface area (TPSA) is 20.3 Å². The van der Waals surface area contributed by atoms with Crippen molar-refractivity contribution in [3.05, 3.63) is 12.2 Å². The van der Waals surface area contributed by atoms with Crippen LogP contribution < -0.4 is 0 Å². The van der Waals surface area contributed by atoms with Crippen LogP contribution in [0.25, 0.3) is 0 Å². The third-order valence-electron chi connectivity index (χ3n) is 2.44. The van der Waals surface area contributed by atoms with E-state index in [1.807, 2.05) is 7.05 Å². The summed E-state index contributed by atoms with van der Waals surface area (Å²) in [5, 5.41) is 0. The maximum absolute atomic E-state index is 11.6. The molecule has 13 heavy (non-hydrogen) atoms. The van der Waals surface area contributed by atoms with E-state index in [2.05, 4.69) is 27.4 Å². The Morgan fingerprint density at radius 3 is 2.23 bits per heavy atom. The lowest BCUT2D eigenvalue weighted by Gasteiger charge is -2.35. The summed E-state index contributed by atoms with van der Waals surface area (Å²) in [7, 11) is 1.84. The van der Waals surface area contributed by atoms with E-state index in [1.54, 1.807) is 11.8 Å². The second kappa shape index (κ2) is 4.45. The van der Waals surface area contributed by atoms with Gasteiger partial charge in [0.1, 0.15) is 0 Å². The zero-order valence-electron chi connectivity index (χ0n) is 9.48. The number of carbonyl (C=O) groups is 1. The van der Waals surface area contributed by atoms with Crippen LogP contribution in [0.15, 0.2) is 12.2 Å². The van der Waals surface area contributed by atoms with Crippen LogP contribution in [-0.2, 0) is 4.79 Å². The first-order valence-corrected chi connectivity index (χ1v) is 4.76. The molecule has 0 fully saturated rings. The molecule has 0 aromatic carbocycles. The van der Waals surface area contributed by atoms with Gasteiger partial charge in [0.15, 0.2) is 0 Å². The number of nitrogens with zero attached hydrogens (tertiary/aromatic N) is 1. The van der Waals surface area contributed by atoms with Crippen molar-refractivity contribution in [1.82, 2.24) is 4.90 Å². The normalized spacial score (nSPS) is 11.2. The number of likely N-dealkylation sites (N-methyl/N-ethyl adjacent to an activating group) is 1. The van der Waals surface area contributed by atoms with E-state index in [1.165, 1.54) is 0 Å². The molecule has 0 heterocycles. The van der Waals surface area contributed by atoms with Crippen LogP contribution in [-0.4, -0.2) is 23.4 Å². The Morgan fingerprint density at radius 1 is 1.46 bits per heavy atom. The maximum Gasteiger partial charge on any atom is 0.249 e. The fourth-order valence-electron chi connectivity index (χ4n) is 1.34. The van der Waals surface area contributed by atoms with Gasteiger partial charge in [0.25, 0.3) is 0 Å². The molecule has 76 valence electrons. The summed E-state index contributed by atoms with van der Waals surface area (Å²) in [5.74, 6) is 0.0402. The molecule has 2 heteroatoms. The second-order valence-corrected chi connectivity index (χ2v) is 4.21. The van der Waals surface area contributed by atoms with Crippen molar-refractivity contribution in [2.75, 3.05) is 7.05 Å². The van der Waals surface area contributed by atoms with E-state index in [-0.39, 0.29) is 11.4 Å². The Morgan fingerprint density at radius 2 is 1.92 bits per heavy atom. The lowest BCUT2D eigenvalue weighted by molar-refractivity contribution is -0.130. The van der Waals surface area contributed by atoms with Crippen LogP contribution >= 0.6 is 0 Å². The van der Waals surface area contributed by atoms with Crippen LogP contribution in [0.1, 0.15) is 40.5 Å². The molecule has 0 aliphatic carbocycles. The van der Waals surface area contributed by atoms with Crippen molar-refractivity contribution in [3.63, 3.8) is 0 Å². The molecule has 0 aliphatic rings. The smallest absolute Gasteiger partial charge is 0.249 e. The average molecular weight is 183 g/mol. The molecule has 0 aromatic rings. The maximum atomic E-state index is 11.6. The number of amides is 1. The number of hydrogen-bond donors (Lipinski definition) is 0. The van der Waals surface area contributed by atoms with E-state index in [9.17, 15) is 4.79 Å². The molecule has 0 rings (SSSR count). The molecule has 0 bridgehead atoms. The Labute approximate surface area is 81.6 Å². The molecule has 0 aliphatic heterocycles. The van der Waals surface area contributed by atoms with Gasteiger partial charge in [-0.3, -0.25) is 4.79 Å². The van der Waals surface area contributed by atoms with Crippen molar-refractivity contribution in [3.8, 4) is 0 Å². The van der Waals surface area contributed by atoms with Gasteiger partial charge in [0.05, 0.1) is 0 Å².